The molecule has 6 heteroatoms. The Labute approximate surface area is 127 Å². The summed E-state index contributed by atoms with van der Waals surface area (Å²) in [6.07, 6.45) is 0.839. The van der Waals surface area contributed by atoms with Gasteiger partial charge in [0.15, 0.2) is 0 Å². The molecular weight excluding hydrogens is 295 g/mol. The maximum atomic E-state index is 13.3. The first-order valence-corrected chi connectivity index (χ1v) is 7.00. The van der Waals surface area contributed by atoms with Gasteiger partial charge in [-0.3, -0.25) is 9.48 Å². The molecule has 1 N–H and O–H groups in total. The molecule has 0 saturated carbocycles. The zero-order valence-corrected chi connectivity index (χ0v) is 12.6. The molecule has 2 aromatic rings. The van der Waals surface area contributed by atoms with Gasteiger partial charge in [0.25, 0.3) is 0 Å². The van der Waals surface area contributed by atoms with Crippen LogP contribution in [0, 0.1) is 5.82 Å². The Hall–Kier alpha value is -1.88. The number of carboxylic acids is 1. The van der Waals surface area contributed by atoms with Gasteiger partial charge in [0, 0.05) is 13.5 Å². The van der Waals surface area contributed by atoms with E-state index in [2.05, 4.69) is 5.10 Å². The zero-order valence-electron chi connectivity index (χ0n) is 11.8. The number of benzene rings is 1. The van der Waals surface area contributed by atoms with E-state index in [-0.39, 0.29) is 6.42 Å². The van der Waals surface area contributed by atoms with Gasteiger partial charge in [-0.25, -0.2) is 4.39 Å². The molecule has 4 nitrogen and oxygen atoms in total. The molecule has 0 spiro atoms. The van der Waals surface area contributed by atoms with E-state index in [1.807, 2.05) is 6.92 Å². The van der Waals surface area contributed by atoms with Gasteiger partial charge >= 0.3 is 5.97 Å². The second-order valence-electron chi connectivity index (χ2n) is 4.83. The first-order valence-electron chi connectivity index (χ1n) is 6.62. The maximum Gasteiger partial charge on any atom is 0.311 e. The smallest absolute Gasteiger partial charge is 0.311 e. The molecule has 112 valence electrons. The second-order valence-corrected chi connectivity index (χ2v) is 5.21. The van der Waals surface area contributed by atoms with E-state index in [9.17, 15) is 14.3 Å². The van der Waals surface area contributed by atoms with Gasteiger partial charge < -0.3 is 5.11 Å². The summed E-state index contributed by atoms with van der Waals surface area (Å²) in [7, 11) is 1.73. The molecule has 1 heterocycles. The third-order valence-electron chi connectivity index (χ3n) is 3.45. The number of carboxylic acid groups (broad SMARTS) is 1. The fraction of sp³-hybridized carbons (Fsp3) is 0.333. The fourth-order valence-electron chi connectivity index (χ4n) is 2.31. The Balaban J connectivity index is 2.38. The van der Waals surface area contributed by atoms with Crippen molar-refractivity contribution in [1.82, 2.24) is 9.78 Å². The molecule has 0 aliphatic rings. The van der Waals surface area contributed by atoms with Crippen LogP contribution >= 0.6 is 11.6 Å². The van der Waals surface area contributed by atoms with E-state index in [0.29, 0.717) is 22.7 Å². The maximum absolute atomic E-state index is 13.3. The first kappa shape index (κ1) is 15.5. The van der Waals surface area contributed by atoms with Crippen LogP contribution < -0.4 is 0 Å². The molecule has 2 rings (SSSR count). The normalized spacial score (nSPS) is 12.4. The Morgan fingerprint density at radius 3 is 2.76 bits per heavy atom. The largest absolute Gasteiger partial charge is 0.481 e. The van der Waals surface area contributed by atoms with Gasteiger partial charge in [-0.15, -0.1) is 0 Å². The number of nitrogens with zero attached hydrogens (tertiary/aromatic N) is 2. The highest BCUT2D eigenvalue weighted by Gasteiger charge is 2.25. The van der Waals surface area contributed by atoms with Gasteiger partial charge in [0.1, 0.15) is 5.82 Å². The van der Waals surface area contributed by atoms with E-state index in [0.717, 1.165) is 5.69 Å². The summed E-state index contributed by atoms with van der Waals surface area (Å²) in [5.74, 6) is -2.33. The van der Waals surface area contributed by atoms with Crippen molar-refractivity contribution in [3.63, 3.8) is 0 Å². The van der Waals surface area contributed by atoms with Gasteiger partial charge in [0.05, 0.1) is 22.3 Å². The van der Waals surface area contributed by atoms with Crippen LogP contribution in [0.4, 0.5) is 4.39 Å². The molecule has 1 atom stereocenters. The van der Waals surface area contributed by atoms with Crippen LogP contribution in [0.1, 0.15) is 29.8 Å². The van der Waals surface area contributed by atoms with Crippen molar-refractivity contribution in [1.29, 1.82) is 0 Å². The minimum atomic E-state index is -1.02. The quantitative estimate of drug-likeness (QED) is 0.922. The van der Waals surface area contributed by atoms with E-state index in [1.54, 1.807) is 17.8 Å². The molecule has 21 heavy (non-hydrogen) atoms. The molecule has 1 aromatic carbocycles. The van der Waals surface area contributed by atoms with Gasteiger partial charge in [0.2, 0.25) is 0 Å². The molecule has 0 bridgehead atoms. The van der Waals surface area contributed by atoms with E-state index in [1.165, 1.54) is 18.2 Å². The third-order valence-corrected chi connectivity index (χ3v) is 3.89. The number of hydrogen-bond acceptors (Lipinski definition) is 2. The number of hydrogen-bond donors (Lipinski definition) is 1. The molecule has 0 amide bonds. The highest BCUT2D eigenvalue weighted by molar-refractivity contribution is 6.31. The standard InChI is InChI=1S/C15H16ClFN2O2/c1-3-12-14(16)13(19(2)18-12)8-11(15(20)21)9-5-4-6-10(17)7-9/h4-7,11H,3,8H2,1-2H3,(H,20,21). The van der Waals surface area contributed by atoms with Crippen LogP contribution in [0.2, 0.25) is 5.02 Å². The summed E-state index contributed by atoms with van der Waals surface area (Å²) < 4.78 is 14.9. The number of rotatable bonds is 5. The topological polar surface area (TPSA) is 55.1 Å². The average molecular weight is 311 g/mol. The molecule has 0 saturated heterocycles. The fourth-order valence-corrected chi connectivity index (χ4v) is 2.68. The van der Waals surface area contributed by atoms with Crippen molar-refractivity contribution in [3.8, 4) is 0 Å². The van der Waals surface area contributed by atoms with Crippen LogP contribution in [0.3, 0.4) is 0 Å². The summed E-state index contributed by atoms with van der Waals surface area (Å²) in [5, 5.41) is 14.2. The highest BCUT2D eigenvalue weighted by atomic mass is 35.5. The molecule has 0 aliphatic heterocycles. The lowest BCUT2D eigenvalue weighted by Gasteiger charge is -2.13. The monoisotopic (exact) mass is 310 g/mol. The van der Waals surface area contributed by atoms with Crippen molar-refractivity contribution in [2.75, 3.05) is 0 Å². The summed E-state index contributed by atoms with van der Waals surface area (Å²) in [4.78, 5) is 11.5. The number of carbonyl (C=O) groups is 1. The summed E-state index contributed by atoms with van der Waals surface area (Å²) >= 11 is 6.25. The number of aliphatic carboxylic acids is 1. The highest BCUT2D eigenvalue weighted by Crippen LogP contribution is 2.28. The number of aryl methyl sites for hydroxylation is 2. The van der Waals surface area contributed by atoms with Crippen molar-refractivity contribution >= 4 is 17.6 Å². The summed E-state index contributed by atoms with van der Waals surface area (Å²) in [6.45, 7) is 1.93. The summed E-state index contributed by atoms with van der Waals surface area (Å²) in [6, 6.07) is 5.63. The van der Waals surface area contributed by atoms with Crippen LogP contribution in [-0.4, -0.2) is 20.9 Å². The van der Waals surface area contributed by atoms with Crippen LogP contribution in [0.15, 0.2) is 24.3 Å². The van der Waals surface area contributed by atoms with E-state index in [4.69, 9.17) is 11.6 Å². The lowest BCUT2D eigenvalue weighted by atomic mass is 9.94. The van der Waals surface area contributed by atoms with E-state index < -0.39 is 17.7 Å². The molecular formula is C15H16ClFN2O2. The summed E-state index contributed by atoms with van der Waals surface area (Å²) in [5.41, 5.74) is 1.79. The van der Waals surface area contributed by atoms with Crippen molar-refractivity contribution in [2.24, 2.45) is 7.05 Å². The molecule has 1 unspecified atom stereocenters. The molecule has 0 aliphatic carbocycles. The minimum absolute atomic E-state index is 0.168. The number of aromatic nitrogens is 2. The second kappa shape index (κ2) is 6.26. The Bertz CT molecular complexity index is 670. The van der Waals surface area contributed by atoms with E-state index >= 15 is 0 Å². The predicted octanol–water partition coefficient (Wildman–Crippen LogP) is 3.19. The predicted molar refractivity (Wildman–Crippen MR) is 78.1 cm³/mol. The molecule has 0 radical (unpaired) electrons. The van der Waals surface area contributed by atoms with Crippen LogP contribution in [-0.2, 0) is 24.7 Å². The Morgan fingerprint density at radius 1 is 1.52 bits per heavy atom. The van der Waals surface area contributed by atoms with Crippen LogP contribution in [0.25, 0.3) is 0 Å². The Morgan fingerprint density at radius 2 is 2.24 bits per heavy atom. The number of halogens is 2. The molecule has 1 aromatic heterocycles. The van der Waals surface area contributed by atoms with Crippen LogP contribution in [0.5, 0.6) is 0 Å². The van der Waals surface area contributed by atoms with Crippen molar-refractivity contribution in [3.05, 3.63) is 52.1 Å². The SMILES string of the molecule is CCc1nn(C)c(CC(C(=O)O)c2cccc(F)c2)c1Cl. The van der Waals surface area contributed by atoms with Gasteiger partial charge in [-0.2, -0.15) is 5.10 Å². The Kier molecular flexibility index (Phi) is 4.63. The average Bonchev–Trinajstić information content (AvgIpc) is 2.70. The van der Waals surface area contributed by atoms with Gasteiger partial charge in [-0.1, -0.05) is 30.7 Å². The van der Waals surface area contributed by atoms with Crippen molar-refractivity contribution in [2.45, 2.75) is 25.7 Å². The van der Waals surface area contributed by atoms with Crippen molar-refractivity contribution < 1.29 is 14.3 Å². The zero-order chi connectivity index (χ0) is 15.6. The van der Waals surface area contributed by atoms with Gasteiger partial charge in [-0.05, 0) is 24.1 Å². The lowest BCUT2D eigenvalue weighted by Crippen LogP contribution is -2.16. The first-order chi connectivity index (χ1) is 9.93. The molecule has 0 fully saturated rings. The third kappa shape index (κ3) is 3.24. The lowest BCUT2D eigenvalue weighted by molar-refractivity contribution is -0.138. The minimum Gasteiger partial charge on any atom is -0.481 e.